The van der Waals surface area contributed by atoms with E-state index < -0.39 is 0 Å². The number of fused-ring (bicyclic) bond motifs is 1. The van der Waals surface area contributed by atoms with E-state index in [2.05, 4.69) is 74.0 Å². The van der Waals surface area contributed by atoms with Crippen molar-refractivity contribution < 1.29 is 4.74 Å². The zero-order chi connectivity index (χ0) is 21.0. The van der Waals surface area contributed by atoms with Gasteiger partial charge in [-0.25, -0.2) is 9.97 Å². The second-order valence-electron chi connectivity index (χ2n) is 7.48. The summed E-state index contributed by atoms with van der Waals surface area (Å²) in [4.78, 5) is 12.6. The highest BCUT2D eigenvalue weighted by Crippen LogP contribution is 2.45. The SMILES string of the molecule is COc1cccc(C2CCN(Cc3cccn3-c3ncccn3)c3ccccc3S2)c1. The van der Waals surface area contributed by atoms with Gasteiger partial charge in [-0.2, -0.15) is 0 Å². The maximum atomic E-state index is 5.46. The molecule has 6 heteroatoms. The van der Waals surface area contributed by atoms with Crippen molar-refractivity contribution in [1.82, 2.24) is 14.5 Å². The van der Waals surface area contributed by atoms with Gasteiger partial charge in [-0.05, 0) is 54.4 Å². The highest BCUT2D eigenvalue weighted by Gasteiger charge is 2.24. The number of methoxy groups -OCH3 is 1. The van der Waals surface area contributed by atoms with Crippen molar-refractivity contribution in [2.75, 3.05) is 18.6 Å². The molecular formula is C25H24N4OS. The van der Waals surface area contributed by atoms with Crippen LogP contribution in [0.1, 0.15) is 22.9 Å². The third-order valence-corrected chi connectivity index (χ3v) is 6.95. The molecule has 0 spiro atoms. The fourth-order valence-corrected chi connectivity index (χ4v) is 5.30. The molecule has 2 aromatic carbocycles. The Hall–Kier alpha value is -3.25. The number of thioether (sulfide) groups is 1. The lowest BCUT2D eigenvalue weighted by atomic mass is 10.1. The first-order valence-corrected chi connectivity index (χ1v) is 11.3. The molecule has 0 amide bonds. The van der Waals surface area contributed by atoms with Gasteiger partial charge >= 0.3 is 0 Å². The monoisotopic (exact) mass is 428 g/mol. The van der Waals surface area contributed by atoms with Gasteiger partial charge in [0.1, 0.15) is 5.75 Å². The average molecular weight is 429 g/mol. The molecule has 0 fully saturated rings. The van der Waals surface area contributed by atoms with Gasteiger partial charge in [0.25, 0.3) is 0 Å². The van der Waals surface area contributed by atoms with E-state index in [-0.39, 0.29) is 0 Å². The van der Waals surface area contributed by atoms with Gasteiger partial charge < -0.3 is 9.64 Å². The smallest absolute Gasteiger partial charge is 0.233 e. The second-order valence-corrected chi connectivity index (χ2v) is 8.72. The van der Waals surface area contributed by atoms with Gasteiger partial charge in [0.2, 0.25) is 5.95 Å². The van der Waals surface area contributed by atoms with Gasteiger partial charge in [-0.1, -0.05) is 24.3 Å². The summed E-state index contributed by atoms with van der Waals surface area (Å²) in [7, 11) is 1.72. The second kappa shape index (κ2) is 8.86. The Morgan fingerprint density at radius 2 is 1.87 bits per heavy atom. The Bertz CT molecular complexity index is 1160. The van der Waals surface area contributed by atoms with Gasteiger partial charge in [0.15, 0.2) is 0 Å². The average Bonchev–Trinajstić information content (AvgIpc) is 3.21. The lowest BCUT2D eigenvalue weighted by molar-refractivity contribution is 0.414. The predicted molar refractivity (Wildman–Crippen MR) is 125 cm³/mol. The molecule has 31 heavy (non-hydrogen) atoms. The normalized spacial score (nSPS) is 15.9. The van der Waals surface area contributed by atoms with Crippen LogP contribution in [-0.2, 0) is 6.54 Å². The van der Waals surface area contributed by atoms with Crippen LogP contribution in [0.5, 0.6) is 5.75 Å². The highest BCUT2D eigenvalue weighted by atomic mass is 32.2. The zero-order valence-electron chi connectivity index (χ0n) is 17.4. The van der Waals surface area contributed by atoms with Crippen LogP contribution in [0, 0.1) is 0 Å². The number of aromatic nitrogens is 3. The number of hydrogen-bond acceptors (Lipinski definition) is 5. The predicted octanol–water partition coefficient (Wildman–Crippen LogP) is 5.52. The number of hydrogen-bond donors (Lipinski definition) is 0. The summed E-state index contributed by atoms with van der Waals surface area (Å²) in [6, 6.07) is 23.2. The molecule has 4 aromatic rings. The minimum atomic E-state index is 0.380. The summed E-state index contributed by atoms with van der Waals surface area (Å²) in [6.45, 7) is 1.76. The number of nitrogens with zero attached hydrogens (tertiary/aromatic N) is 4. The Balaban J connectivity index is 1.44. The summed E-state index contributed by atoms with van der Waals surface area (Å²) in [5.74, 6) is 1.61. The van der Waals surface area contributed by atoms with Crippen LogP contribution in [0.15, 0.2) is 90.2 Å². The van der Waals surface area contributed by atoms with Crippen molar-refractivity contribution in [3.8, 4) is 11.7 Å². The molecule has 3 heterocycles. The van der Waals surface area contributed by atoms with Gasteiger partial charge in [-0.3, -0.25) is 4.57 Å². The molecule has 1 aliphatic heterocycles. The zero-order valence-corrected chi connectivity index (χ0v) is 18.2. The minimum absolute atomic E-state index is 0.380. The highest BCUT2D eigenvalue weighted by molar-refractivity contribution is 7.99. The van der Waals surface area contributed by atoms with E-state index in [9.17, 15) is 0 Å². The van der Waals surface area contributed by atoms with E-state index >= 15 is 0 Å². The number of anilines is 1. The van der Waals surface area contributed by atoms with E-state index in [4.69, 9.17) is 4.74 Å². The number of para-hydroxylation sites is 1. The maximum absolute atomic E-state index is 5.46. The molecular weight excluding hydrogens is 404 g/mol. The van der Waals surface area contributed by atoms with E-state index in [1.165, 1.54) is 21.8 Å². The quantitative estimate of drug-likeness (QED) is 0.419. The Kier molecular flexibility index (Phi) is 5.63. The number of rotatable bonds is 5. The lowest BCUT2D eigenvalue weighted by Gasteiger charge is -2.25. The molecule has 1 unspecified atom stereocenters. The largest absolute Gasteiger partial charge is 0.497 e. The first kappa shape index (κ1) is 19.7. The summed E-state index contributed by atoms with van der Waals surface area (Å²) >= 11 is 1.94. The Morgan fingerprint density at radius 1 is 1.00 bits per heavy atom. The van der Waals surface area contributed by atoms with Crippen LogP contribution in [0.4, 0.5) is 5.69 Å². The third kappa shape index (κ3) is 4.16. The van der Waals surface area contributed by atoms with Crippen molar-refractivity contribution in [2.45, 2.75) is 23.1 Å². The van der Waals surface area contributed by atoms with Crippen LogP contribution >= 0.6 is 11.8 Å². The number of ether oxygens (including phenoxy) is 1. The lowest BCUT2D eigenvalue weighted by Crippen LogP contribution is -2.25. The Morgan fingerprint density at radius 3 is 2.74 bits per heavy atom. The topological polar surface area (TPSA) is 43.2 Å². The molecule has 0 aliphatic carbocycles. The Labute approximate surface area is 186 Å². The van der Waals surface area contributed by atoms with Crippen LogP contribution < -0.4 is 9.64 Å². The van der Waals surface area contributed by atoms with E-state index in [0.29, 0.717) is 11.2 Å². The van der Waals surface area contributed by atoms with Crippen molar-refractivity contribution in [3.05, 3.63) is 96.6 Å². The molecule has 5 nitrogen and oxygen atoms in total. The molecule has 1 aliphatic rings. The first-order valence-electron chi connectivity index (χ1n) is 10.4. The molecule has 0 saturated carbocycles. The molecule has 156 valence electrons. The van der Waals surface area contributed by atoms with Crippen molar-refractivity contribution in [1.29, 1.82) is 0 Å². The van der Waals surface area contributed by atoms with Crippen LogP contribution in [0.2, 0.25) is 0 Å². The molecule has 2 aromatic heterocycles. The number of benzene rings is 2. The third-order valence-electron chi connectivity index (χ3n) is 5.56. The van der Waals surface area contributed by atoms with E-state index in [1.807, 2.05) is 30.1 Å². The van der Waals surface area contributed by atoms with Gasteiger partial charge in [0.05, 0.1) is 19.3 Å². The molecule has 0 bridgehead atoms. The molecule has 0 saturated heterocycles. The minimum Gasteiger partial charge on any atom is -0.497 e. The summed E-state index contributed by atoms with van der Waals surface area (Å²) in [6.07, 6.45) is 6.64. The van der Waals surface area contributed by atoms with E-state index in [1.54, 1.807) is 19.5 Å². The summed E-state index contributed by atoms with van der Waals surface area (Å²) in [5, 5.41) is 0.380. The fourth-order valence-electron chi connectivity index (χ4n) is 4.02. The fraction of sp³-hybridized carbons (Fsp3) is 0.200. The van der Waals surface area contributed by atoms with Gasteiger partial charge in [0, 0.05) is 41.0 Å². The van der Waals surface area contributed by atoms with Crippen LogP contribution in [0.25, 0.3) is 5.95 Å². The van der Waals surface area contributed by atoms with E-state index in [0.717, 1.165) is 25.3 Å². The molecule has 0 radical (unpaired) electrons. The van der Waals surface area contributed by atoms with Crippen molar-refractivity contribution in [2.24, 2.45) is 0 Å². The molecule has 0 N–H and O–H groups in total. The van der Waals surface area contributed by atoms with Crippen LogP contribution in [-0.4, -0.2) is 28.2 Å². The molecule has 1 atom stereocenters. The first-order chi connectivity index (χ1) is 15.3. The summed E-state index contributed by atoms with van der Waals surface area (Å²) in [5.41, 5.74) is 3.76. The standard InChI is InChI=1S/C25H24N4OS/c1-30-21-9-4-7-19(17-21)23-12-16-28(22-10-2-3-11-24(22)31-23)18-20-8-5-15-29(20)25-26-13-6-14-27-25/h2-11,13-15,17,23H,12,16,18H2,1H3. The van der Waals surface area contributed by atoms with Crippen molar-refractivity contribution in [3.63, 3.8) is 0 Å². The maximum Gasteiger partial charge on any atom is 0.233 e. The summed E-state index contributed by atoms with van der Waals surface area (Å²) < 4.78 is 7.53. The van der Waals surface area contributed by atoms with Crippen molar-refractivity contribution >= 4 is 17.4 Å². The van der Waals surface area contributed by atoms with Gasteiger partial charge in [-0.15, -0.1) is 11.8 Å². The van der Waals surface area contributed by atoms with Crippen LogP contribution in [0.3, 0.4) is 0 Å². The molecule has 5 rings (SSSR count).